The van der Waals surface area contributed by atoms with Gasteiger partial charge in [0.25, 0.3) is 5.91 Å². The minimum absolute atomic E-state index is 0.188. The van der Waals surface area contributed by atoms with Crippen molar-refractivity contribution in [2.45, 2.75) is 0 Å². The van der Waals surface area contributed by atoms with E-state index < -0.39 is 0 Å². The second-order valence-electron chi connectivity index (χ2n) is 3.51. The Bertz CT molecular complexity index is 604. The number of rotatable bonds is 3. The van der Waals surface area contributed by atoms with Crippen LogP contribution in [-0.2, 0) is 0 Å². The van der Waals surface area contributed by atoms with Gasteiger partial charge in [-0.05, 0) is 40.2 Å². The van der Waals surface area contributed by atoms with E-state index in [2.05, 4.69) is 31.4 Å². The Hall–Kier alpha value is -2.02. The minimum atomic E-state index is -0.375. The average Bonchev–Trinajstić information content (AvgIpc) is 2.42. The van der Waals surface area contributed by atoms with Gasteiger partial charge in [-0.3, -0.25) is 4.79 Å². The van der Waals surface area contributed by atoms with Crippen LogP contribution in [0.15, 0.2) is 34.8 Å². The van der Waals surface area contributed by atoms with Crippen LogP contribution in [0.3, 0.4) is 0 Å². The van der Waals surface area contributed by atoms with Crippen LogP contribution in [0.4, 0.5) is 4.39 Å². The highest BCUT2D eigenvalue weighted by molar-refractivity contribution is 9.10. The Balaban J connectivity index is 2.17. The van der Waals surface area contributed by atoms with Gasteiger partial charge in [0.2, 0.25) is 5.88 Å². The molecule has 0 atom stereocenters. The molecule has 5 nitrogen and oxygen atoms in total. The van der Waals surface area contributed by atoms with Crippen LogP contribution >= 0.6 is 15.9 Å². The molecular weight excluding hydrogens is 317 g/mol. The Morgan fingerprint density at radius 3 is 2.68 bits per heavy atom. The first kappa shape index (κ1) is 13.4. The lowest BCUT2D eigenvalue weighted by atomic mass is 10.3. The Morgan fingerprint density at radius 1 is 1.32 bits per heavy atom. The third-order valence-electron chi connectivity index (χ3n) is 2.21. The molecule has 0 saturated heterocycles. The molecule has 2 rings (SSSR count). The number of benzene rings is 1. The lowest BCUT2D eigenvalue weighted by molar-refractivity contribution is 0.0957. The van der Waals surface area contributed by atoms with Crippen LogP contribution < -0.4 is 10.1 Å². The average molecular weight is 326 g/mol. The van der Waals surface area contributed by atoms with Gasteiger partial charge in [0, 0.05) is 13.1 Å². The van der Waals surface area contributed by atoms with E-state index in [4.69, 9.17) is 4.74 Å². The normalized spacial score (nSPS) is 10.1. The summed E-state index contributed by atoms with van der Waals surface area (Å²) in [5.74, 6) is -0.0920. The second-order valence-corrected chi connectivity index (χ2v) is 4.37. The summed E-state index contributed by atoms with van der Waals surface area (Å²) in [6.45, 7) is 0. The Labute approximate surface area is 116 Å². The first-order valence-electron chi connectivity index (χ1n) is 5.29. The van der Waals surface area contributed by atoms with Crippen molar-refractivity contribution in [1.82, 2.24) is 15.5 Å². The molecule has 0 unspecified atom stereocenters. The lowest BCUT2D eigenvalue weighted by Crippen LogP contribution is -2.19. The summed E-state index contributed by atoms with van der Waals surface area (Å²) in [7, 11) is 1.50. The van der Waals surface area contributed by atoms with E-state index in [1.54, 1.807) is 0 Å². The molecule has 7 heteroatoms. The summed E-state index contributed by atoms with van der Waals surface area (Å²) in [5.41, 5.74) is 0.188. The number of hydrogen-bond acceptors (Lipinski definition) is 4. The van der Waals surface area contributed by atoms with Gasteiger partial charge in [-0.2, -0.15) is 0 Å². The van der Waals surface area contributed by atoms with E-state index in [0.717, 1.165) is 0 Å². The van der Waals surface area contributed by atoms with Crippen molar-refractivity contribution in [2.24, 2.45) is 0 Å². The smallest absolute Gasteiger partial charge is 0.271 e. The molecule has 0 spiro atoms. The van der Waals surface area contributed by atoms with Crippen molar-refractivity contribution >= 4 is 21.8 Å². The van der Waals surface area contributed by atoms with Gasteiger partial charge in [-0.25, -0.2) is 4.39 Å². The van der Waals surface area contributed by atoms with E-state index in [0.29, 0.717) is 10.2 Å². The molecule has 0 bridgehead atoms. The summed E-state index contributed by atoms with van der Waals surface area (Å²) in [6, 6.07) is 7.01. The molecule has 0 radical (unpaired) electrons. The summed E-state index contributed by atoms with van der Waals surface area (Å²) in [4.78, 5) is 11.3. The quantitative estimate of drug-likeness (QED) is 0.941. The number of carbonyl (C=O) groups is 1. The number of hydrogen-bond donors (Lipinski definition) is 1. The number of nitrogens with one attached hydrogen (secondary N) is 1. The molecule has 0 saturated carbocycles. The fourth-order valence-corrected chi connectivity index (χ4v) is 1.73. The maximum absolute atomic E-state index is 12.9. The fourth-order valence-electron chi connectivity index (χ4n) is 1.29. The Kier molecular flexibility index (Phi) is 4.06. The van der Waals surface area contributed by atoms with Gasteiger partial charge in [0.1, 0.15) is 11.6 Å². The zero-order valence-corrected chi connectivity index (χ0v) is 11.4. The van der Waals surface area contributed by atoms with Gasteiger partial charge in [-0.1, -0.05) is 0 Å². The van der Waals surface area contributed by atoms with Gasteiger partial charge in [0.05, 0.1) is 4.47 Å². The number of ether oxygens (including phenoxy) is 1. The molecule has 0 aliphatic carbocycles. The highest BCUT2D eigenvalue weighted by Crippen LogP contribution is 2.28. The number of carbonyl (C=O) groups excluding carboxylic acids is 1. The second kappa shape index (κ2) is 5.75. The van der Waals surface area contributed by atoms with E-state index in [1.165, 1.54) is 37.4 Å². The van der Waals surface area contributed by atoms with Crippen molar-refractivity contribution < 1.29 is 13.9 Å². The molecule has 1 heterocycles. The predicted molar refractivity (Wildman–Crippen MR) is 69.6 cm³/mol. The molecule has 1 aromatic carbocycles. The van der Waals surface area contributed by atoms with Gasteiger partial charge < -0.3 is 10.1 Å². The molecule has 19 heavy (non-hydrogen) atoms. The summed E-state index contributed by atoms with van der Waals surface area (Å²) in [5, 5.41) is 9.91. The van der Waals surface area contributed by atoms with Crippen molar-refractivity contribution in [2.75, 3.05) is 7.05 Å². The Morgan fingerprint density at radius 2 is 2.11 bits per heavy atom. The summed E-state index contributed by atoms with van der Waals surface area (Å²) < 4.78 is 18.8. The lowest BCUT2D eigenvalue weighted by Gasteiger charge is -2.06. The number of halogens is 2. The van der Waals surface area contributed by atoms with Crippen LogP contribution in [0.2, 0.25) is 0 Å². The molecule has 1 amide bonds. The van der Waals surface area contributed by atoms with Crippen molar-refractivity contribution in [1.29, 1.82) is 0 Å². The number of aromatic nitrogens is 2. The topological polar surface area (TPSA) is 64.1 Å². The summed E-state index contributed by atoms with van der Waals surface area (Å²) >= 11 is 3.18. The van der Waals surface area contributed by atoms with E-state index >= 15 is 0 Å². The third-order valence-corrected chi connectivity index (χ3v) is 2.83. The molecule has 2 aromatic rings. The highest BCUT2D eigenvalue weighted by Gasteiger charge is 2.08. The fraction of sp³-hybridized carbons (Fsp3) is 0.0833. The summed E-state index contributed by atoms with van der Waals surface area (Å²) in [6.07, 6.45) is 0. The minimum Gasteiger partial charge on any atom is -0.436 e. The molecule has 98 valence electrons. The zero-order chi connectivity index (χ0) is 13.8. The maximum atomic E-state index is 12.9. The largest absolute Gasteiger partial charge is 0.436 e. The SMILES string of the molecule is CNC(=O)c1ccc(Oc2ccc(F)cc2Br)nn1. The molecule has 0 aliphatic rings. The standard InChI is InChI=1S/C12H9BrFN3O2/c1-15-12(18)9-3-5-11(17-16-9)19-10-4-2-7(14)6-8(10)13/h2-6H,1H3,(H,15,18). The van der Waals surface area contributed by atoms with Crippen LogP contribution in [0, 0.1) is 5.82 Å². The van der Waals surface area contributed by atoms with Crippen molar-refractivity contribution in [3.8, 4) is 11.6 Å². The first-order valence-corrected chi connectivity index (χ1v) is 6.08. The van der Waals surface area contributed by atoms with Crippen LogP contribution in [0.5, 0.6) is 11.6 Å². The third kappa shape index (κ3) is 3.25. The van der Waals surface area contributed by atoms with Gasteiger partial charge >= 0.3 is 0 Å². The molecule has 0 aliphatic heterocycles. The van der Waals surface area contributed by atoms with Gasteiger partial charge in [0.15, 0.2) is 5.69 Å². The number of amides is 1. The van der Waals surface area contributed by atoms with E-state index in [9.17, 15) is 9.18 Å². The van der Waals surface area contributed by atoms with E-state index in [1.807, 2.05) is 0 Å². The highest BCUT2D eigenvalue weighted by atomic mass is 79.9. The first-order chi connectivity index (χ1) is 9.10. The predicted octanol–water partition coefficient (Wildman–Crippen LogP) is 2.53. The molecular formula is C12H9BrFN3O2. The van der Waals surface area contributed by atoms with Crippen molar-refractivity contribution in [3.05, 3.63) is 46.3 Å². The molecule has 1 N–H and O–H groups in total. The zero-order valence-electron chi connectivity index (χ0n) is 9.85. The number of nitrogens with zero attached hydrogens (tertiary/aromatic N) is 2. The monoisotopic (exact) mass is 325 g/mol. The van der Waals surface area contributed by atoms with Crippen LogP contribution in [0.1, 0.15) is 10.5 Å². The van der Waals surface area contributed by atoms with Gasteiger partial charge in [-0.15, -0.1) is 10.2 Å². The van der Waals surface area contributed by atoms with Crippen LogP contribution in [-0.4, -0.2) is 23.2 Å². The van der Waals surface area contributed by atoms with Crippen molar-refractivity contribution in [3.63, 3.8) is 0 Å². The molecule has 1 aromatic heterocycles. The molecule has 0 fully saturated rings. The van der Waals surface area contributed by atoms with E-state index in [-0.39, 0.29) is 23.3 Å². The maximum Gasteiger partial charge on any atom is 0.271 e. The van der Waals surface area contributed by atoms with Crippen LogP contribution in [0.25, 0.3) is 0 Å².